The minimum absolute atomic E-state index is 0.227. The van der Waals surface area contributed by atoms with Crippen molar-refractivity contribution < 1.29 is 13.2 Å². The van der Waals surface area contributed by atoms with Gasteiger partial charge in [-0.2, -0.15) is 0 Å². The van der Waals surface area contributed by atoms with E-state index >= 15 is 0 Å². The van der Waals surface area contributed by atoms with Crippen LogP contribution in [0.15, 0.2) is 36.4 Å². The van der Waals surface area contributed by atoms with E-state index in [0.29, 0.717) is 24.2 Å². The minimum atomic E-state index is -0.886. The Morgan fingerprint density at radius 1 is 0.947 bits per heavy atom. The van der Waals surface area contributed by atoms with Gasteiger partial charge in [-0.25, -0.2) is 13.2 Å². The van der Waals surface area contributed by atoms with Gasteiger partial charge in [0, 0.05) is 6.54 Å². The van der Waals surface area contributed by atoms with Crippen molar-refractivity contribution in [2.45, 2.75) is 6.42 Å². The molecule has 5 heteroatoms. The van der Waals surface area contributed by atoms with Gasteiger partial charge < -0.3 is 11.1 Å². The van der Waals surface area contributed by atoms with Crippen LogP contribution in [0.4, 0.5) is 24.5 Å². The third kappa shape index (κ3) is 3.19. The van der Waals surface area contributed by atoms with Crippen molar-refractivity contribution in [1.82, 2.24) is 0 Å². The SMILES string of the molecule is Nc1cccc(F)c1NCCc1ccc(F)c(F)c1. The monoisotopic (exact) mass is 266 g/mol. The highest BCUT2D eigenvalue weighted by Gasteiger charge is 2.06. The number of halogens is 3. The van der Waals surface area contributed by atoms with Gasteiger partial charge in [0.15, 0.2) is 11.6 Å². The smallest absolute Gasteiger partial charge is 0.159 e. The first-order valence-corrected chi connectivity index (χ1v) is 5.79. The zero-order valence-corrected chi connectivity index (χ0v) is 10.1. The summed E-state index contributed by atoms with van der Waals surface area (Å²) in [6.45, 7) is 0.371. The Kier molecular flexibility index (Phi) is 3.94. The van der Waals surface area contributed by atoms with Crippen molar-refractivity contribution in [3.63, 3.8) is 0 Å². The quantitative estimate of drug-likeness (QED) is 0.833. The third-order valence-electron chi connectivity index (χ3n) is 2.75. The number of anilines is 2. The second-order valence-electron chi connectivity index (χ2n) is 4.13. The molecule has 19 heavy (non-hydrogen) atoms. The molecule has 0 saturated heterocycles. The van der Waals surface area contributed by atoms with Gasteiger partial charge in [0.05, 0.1) is 11.4 Å². The second-order valence-corrected chi connectivity index (χ2v) is 4.13. The van der Waals surface area contributed by atoms with Crippen LogP contribution in [0.3, 0.4) is 0 Å². The van der Waals surface area contributed by atoms with Crippen molar-refractivity contribution in [2.24, 2.45) is 0 Å². The van der Waals surface area contributed by atoms with Gasteiger partial charge in [-0.3, -0.25) is 0 Å². The van der Waals surface area contributed by atoms with E-state index in [0.717, 1.165) is 12.1 Å². The summed E-state index contributed by atoms with van der Waals surface area (Å²) in [6, 6.07) is 8.10. The number of nitrogens with two attached hydrogens (primary N) is 1. The van der Waals surface area contributed by atoms with Crippen molar-refractivity contribution in [1.29, 1.82) is 0 Å². The average Bonchev–Trinajstić information content (AvgIpc) is 2.37. The Hall–Kier alpha value is -2.17. The van der Waals surface area contributed by atoms with Crippen LogP contribution in [0.5, 0.6) is 0 Å². The van der Waals surface area contributed by atoms with E-state index in [1.165, 1.54) is 18.2 Å². The van der Waals surface area contributed by atoms with Gasteiger partial charge in [0.1, 0.15) is 5.82 Å². The van der Waals surface area contributed by atoms with Gasteiger partial charge in [0.2, 0.25) is 0 Å². The van der Waals surface area contributed by atoms with Crippen LogP contribution in [0, 0.1) is 17.5 Å². The first-order chi connectivity index (χ1) is 9.08. The molecule has 0 aliphatic rings. The molecule has 0 bridgehead atoms. The Labute approximate surface area is 109 Å². The summed E-state index contributed by atoms with van der Waals surface area (Å²) in [5.74, 6) is -2.21. The molecular weight excluding hydrogens is 253 g/mol. The highest BCUT2D eigenvalue weighted by Crippen LogP contribution is 2.21. The molecule has 3 N–H and O–H groups in total. The van der Waals surface area contributed by atoms with Crippen molar-refractivity contribution in [3.05, 3.63) is 59.4 Å². The highest BCUT2D eigenvalue weighted by molar-refractivity contribution is 5.66. The normalized spacial score (nSPS) is 10.5. The van der Waals surface area contributed by atoms with Crippen molar-refractivity contribution in [2.75, 3.05) is 17.6 Å². The zero-order valence-electron chi connectivity index (χ0n) is 10.1. The highest BCUT2D eigenvalue weighted by atomic mass is 19.2. The molecule has 0 unspecified atom stereocenters. The predicted molar refractivity (Wildman–Crippen MR) is 69.4 cm³/mol. The number of rotatable bonds is 4. The minimum Gasteiger partial charge on any atom is -0.397 e. The molecule has 0 aromatic heterocycles. The number of benzene rings is 2. The van der Waals surface area contributed by atoms with Gasteiger partial charge in [-0.05, 0) is 36.2 Å². The Morgan fingerprint density at radius 2 is 1.74 bits per heavy atom. The molecule has 2 aromatic carbocycles. The fraction of sp³-hybridized carbons (Fsp3) is 0.143. The van der Waals surface area contributed by atoms with Crippen molar-refractivity contribution in [3.8, 4) is 0 Å². The fourth-order valence-electron chi connectivity index (χ4n) is 1.75. The number of hydrogen-bond donors (Lipinski definition) is 2. The summed E-state index contributed by atoms with van der Waals surface area (Å²) in [5.41, 5.74) is 6.80. The molecule has 0 fully saturated rings. The van der Waals surface area contributed by atoms with E-state index in [9.17, 15) is 13.2 Å². The first-order valence-electron chi connectivity index (χ1n) is 5.79. The lowest BCUT2D eigenvalue weighted by Crippen LogP contribution is -2.08. The van der Waals surface area contributed by atoms with Crippen LogP contribution < -0.4 is 11.1 Å². The number of para-hydroxylation sites is 1. The molecule has 0 aliphatic heterocycles. The number of nitrogens with one attached hydrogen (secondary N) is 1. The van der Waals surface area contributed by atoms with Crippen LogP contribution in [-0.2, 0) is 6.42 Å². The van der Waals surface area contributed by atoms with Crippen LogP contribution in [0.25, 0.3) is 0 Å². The Morgan fingerprint density at radius 3 is 2.42 bits per heavy atom. The van der Waals surface area contributed by atoms with E-state index < -0.39 is 17.5 Å². The van der Waals surface area contributed by atoms with E-state index in [1.54, 1.807) is 6.07 Å². The number of hydrogen-bond acceptors (Lipinski definition) is 2. The zero-order chi connectivity index (χ0) is 13.8. The predicted octanol–water partition coefficient (Wildman–Crippen LogP) is 3.34. The molecule has 2 rings (SSSR count). The molecule has 0 spiro atoms. The molecule has 0 atom stereocenters. The lowest BCUT2D eigenvalue weighted by molar-refractivity contribution is 0.507. The standard InChI is InChI=1S/C14H13F3N2/c15-10-5-4-9(8-12(10)17)6-7-19-14-11(16)2-1-3-13(14)18/h1-5,8,19H,6-7,18H2. The van der Waals surface area contributed by atoms with Crippen molar-refractivity contribution >= 4 is 11.4 Å². The molecule has 0 heterocycles. The van der Waals surface area contributed by atoms with Gasteiger partial charge in [-0.1, -0.05) is 12.1 Å². The maximum Gasteiger partial charge on any atom is 0.159 e. The lowest BCUT2D eigenvalue weighted by Gasteiger charge is -2.10. The summed E-state index contributed by atoms with van der Waals surface area (Å²) < 4.78 is 39.2. The molecule has 0 amide bonds. The topological polar surface area (TPSA) is 38.0 Å². The summed E-state index contributed by atoms with van der Waals surface area (Å²) in [7, 11) is 0. The Balaban J connectivity index is 1.98. The van der Waals surface area contributed by atoms with Gasteiger partial charge in [0.25, 0.3) is 0 Å². The molecule has 0 radical (unpaired) electrons. The molecule has 0 aliphatic carbocycles. The molecule has 2 nitrogen and oxygen atoms in total. The average molecular weight is 266 g/mol. The third-order valence-corrected chi connectivity index (χ3v) is 2.75. The van der Waals surface area contributed by atoms with Crippen LogP contribution in [-0.4, -0.2) is 6.54 Å². The maximum atomic E-state index is 13.4. The van der Waals surface area contributed by atoms with E-state index in [2.05, 4.69) is 5.32 Å². The Bertz CT molecular complexity index is 565. The van der Waals surface area contributed by atoms with Crippen LogP contribution in [0.1, 0.15) is 5.56 Å². The maximum absolute atomic E-state index is 13.4. The van der Waals surface area contributed by atoms with Gasteiger partial charge in [-0.15, -0.1) is 0 Å². The molecule has 100 valence electrons. The molecule has 0 saturated carbocycles. The largest absolute Gasteiger partial charge is 0.397 e. The molecule has 2 aromatic rings. The summed E-state index contributed by atoms with van der Waals surface area (Å²) in [4.78, 5) is 0. The lowest BCUT2D eigenvalue weighted by atomic mass is 10.1. The van der Waals surface area contributed by atoms with Gasteiger partial charge >= 0.3 is 0 Å². The van der Waals surface area contributed by atoms with E-state index in [4.69, 9.17) is 5.73 Å². The first kappa shape index (κ1) is 13.3. The summed E-state index contributed by atoms with van der Waals surface area (Å²) >= 11 is 0. The van der Waals surface area contributed by atoms with Crippen LogP contribution >= 0.6 is 0 Å². The fourth-order valence-corrected chi connectivity index (χ4v) is 1.75. The van der Waals surface area contributed by atoms with E-state index in [1.807, 2.05) is 0 Å². The number of nitrogen functional groups attached to an aromatic ring is 1. The van der Waals surface area contributed by atoms with Crippen LogP contribution in [0.2, 0.25) is 0 Å². The summed E-state index contributed by atoms with van der Waals surface area (Å²) in [5, 5.41) is 2.85. The molecular formula is C14H13F3N2. The second kappa shape index (κ2) is 5.65. The summed E-state index contributed by atoms with van der Waals surface area (Å²) in [6.07, 6.45) is 0.435. The van der Waals surface area contributed by atoms with E-state index in [-0.39, 0.29) is 5.69 Å².